The van der Waals surface area contributed by atoms with Crippen LogP contribution in [-0.4, -0.2) is 47.9 Å². The SMILES string of the molecule is O=C(c1noc2c1CCCC2)N1CC2(CC(CCOCc3ccccc3F)CO2)C1. The number of benzene rings is 1. The van der Waals surface area contributed by atoms with E-state index in [0.29, 0.717) is 43.5 Å². The molecule has 2 saturated heterocycles. The average molecular weight is 414 g/mol. The monoisotopic (exact) mass is 414 g/mol. The Morgan fingerprint density at radius 2 is 2.10 bits per heavy atom. The molecule has 6 nitrogen and oxygen atoms in total. The van der Waals surface area contributed by atoms with Crippen LogP contribution in [0.25, 0.3) is 0 Å². The lowest BCUT2D eigenvalue weighted by atomic mass is 9.85. The van der Waals surface area contributed by atoms with Crippen molar-refractivity contribution in [3.63, 3.8) is 0 Å². The molecule has 1 aliphatic carbocycles. The number of likely N-dealkylation sites (tertiary alicyclic amines) is 1. The zero-order chi connectivity index (χ0) is 20.6. The summed E-state index contributed by atoms with van der Waals surface area (Å²) >= 11 is 0. The van der Waals surface area contributed by atoms with Gasteiger partial charge in [0.1, 0.15) is 17.2 Å². The van der Waals surface area contributed by atoms with Crippen molar-refractivity contribution < 1.29 is 23.2 Å². The van der Waals surface area contributed by atoms with E-state index in [1.54, 1.807) is 12.1 Å². The second-order valence-electron chi connectivity index (χ2n) is 8.80. The molecule has 0 N–H and O–H groups in total. The summed E-state index contributed by atoms with van der Waals surface area (Å²) < 4.78 is 30.8. The van der Waals surface area contributed by atoms with Crippen molar-refractivity contribution >= 4 is 5.91 Å². The van der Waals surface area contributed by atoms with Crippen molar-refractivity contribution in [1.29, 1.82) is 0 Å². The fraction of sp³-hybridized carbons (Fsp3) is 0.565. The lowest BCUT2D eigenvalue weighted by Gasteiger charge is -2.46. The van der Waals surface area contributed by atoms with Crippen LogP contribution in [0.15, 0.2) is 28.8 Å². The van der Waals surface area contributed by atoms with Gasteiger partial charge in [0, 0.05) is 24.2 Å². The van der Waals surface area contributed by atoms with E-state index >= 15 is 0 Å². The molecule has 30 heavy (non-hydrogen) atoms. The first kappa shape index (κ1) is 19.7. The number of rotatable bonds is 6. The summed E-state index contributed by atoms with van der Waals surface area (Å²) in [5.74, 6) is 1.02. The second-order valence-corrected chi connectivity index (χ2v) is 8.80. The summed E-state index contributed by atoms with van der Waals surface area (Å²) in [6, 6.07) is 6.69. The Morgan fingerprint density at radius 1 is 1.27 bits per heavy atom. The molecule has 5 rings (SSSR count). The number of hydrogen-bond acceptors (Lipinski definition) is 5. The number of aromatic nitrogens is 1. The van der Waals surface area contributed by atoms with Crippen LogP contribution in [0.4, 0.5) is 4.39 Å². The van der Waals surface area contributed by atoms with E-state index in [4.69, 9.17) is 14.0 Å². The fourth-order valence-electron chi connectivity index (χ4n) is 4.89. The first-order valence-electron chi connectivity index (χ1n) is 10.9. The van der Waals surface area contributed by atoms with Crippen LogP contribution in [0.2, 0.25) is 0 Å². The van der Waals surface area contributed by atoms with Crippen LogP contribution < -0.4 is 0 Å². The smallest absolute Gasteiger partial charge is 0.276 e. The van der Waals surface area contributed by atoms with Crippen molar-refractivity contribution in [3.8, 4) is 0 Å². The molecule has 160 valence electrons. The summed E-state index contributed by atoms with van der Waals surface area (Å²) in [4.78, 5) is 14.7. The topological polar surface area (TPSA) is 64.8 Å². The van der Waals surface area contributed by atoms with Crippen LogP contribution in [0.1, 0.15) is 53.1 Å². The van der Waals surface area contributed by atoms with E-state index < -0.39 is 0 Å². The highest BCUT2D eigenvalue weighted by atomic mass is 19.1. The first-order valence-corrected chi connectivity index (χ1v) is 10.9. The van der Waals surface area contributed by atoms with E-state index in [2.05, 4.69) is 5.16 Å². The van der Waals surface area contributed by atoms with Gasteiger partial charge < -0.3 is 18.9 Å². The third-order valence-electron chi connectivity index (χ3n) is 6.57. The van der Waals surface area contributed by atoms with Crippen molar-refractivity contribution in [2.75, 3.05) is 26.3 Å². The molecule has 1 aromatic heterocycles. The van der Waals surface area contributed by atoms with Crippen molar-refractivity contribution in [1.82, 2.24) is 10.1 Å². The molecule has 7 heteroatoms. The molecule has 2 aromatic rings. The standard InChI is InChI=1S/C23H27FN2O4/c24-19-7-3-1-5-17(19)13-28-10-9-16-11-23(29-12-16)14-26(15-23)22(27)21-18-6-2-4-8-20(18)30-25-21/h1,3,5,7,16H,2,4,6,8-15H2. The number of carbonyl (C=O) groups excluding carboxylic acids is 1. The number of carbonyl (C=O) groups is 1. The van der Waals surface area contributed by atoms with Crippen molar-refractivity contribution in [2.24, 2.45) is 5.92 Å². The highest BCUT2D eigenvalue weighted by Gasteiger charge is 2.51. The van der Waals surface area contributed by atoms with Crippen LogP contribution in [-0.2, 0) is 28.9 Å². The van der Waals surface area contributed by atoms with E-state index in [-0.39, 0.29) is 23.9 Å². The van der Waals surface area contributed by atoms with Gasteiger partial charge in [-0.2, -0.15) is 0 Å². The van der Waals surface area contributed by atoms with Crippen molar-refractivity contribution in [3.05, 3.63) is 52.7 Å². The highest BCUT2D eigenvalue weighted by Crippen LogP contribution is 2.40. The normalized spacial score (nSPS) is 22.2. The molecule has 3 heterocycles. The van der Waals surface area contributed by atoms with Gasteiger partial charge in [0.2, 0.25) is 0 Å². The molecule has 1 unspecified atom stereocenters. The highest BCUT2D eigenvalue weighted by molar-refractivity contribution is 5.94. The zero-order valence-corrected chi connectivity index (χ0v) is 17.1. The van der Waals surface area contributed by atoms with Gasteiger partial charge in [0.05, 0.1) is 26.3 Å². The van der Waals surface area contributed by atoms with Crippen LogP contribution in [0.5, 0.6) is 0 Å². The Morgan fingerprint density at radius 3 is 2.97 bits per heavy atom. The zero-order valence-electron chi connectivity index (χ0n) is 17.1. The first-order chi connectivity index (χ1) is 14.6. The third kappa shape index (κ3) is 3.76. The Labute approximate surface area is 175 Å². The maximum absolute atomic E-state index is 13.6. The molecule has 1 amide bonds. The maximum Gasteiger partial charge on any atom is 0.276 e. The summed E-state index contributed by atoms with van der Waals surface area (Å²) in [5, 5.41) is 4.06. The number of nitrogens with zero attached hydrogens (tertiary/aromatic N) is 2. The van der Waals surface area contributed by atoms with E-state index in [1.165, 1.54) is 6.07 Å². The van der Waals surface area contributed by atoms with Crippen LogP contribution in [0, 0.1) is 11.7 Å². The maximum atomic E-state index is 13.6. The van der Waals surface area contributed by atoms with Gasteiger partial charge in [0.25, 0.3) is 5.91 Å². The van der Waals surface area contributed by atoms with Gasteiger partial charge in [-0.1, -0.05) is 23.4 Å². The quantitative estimate of drug-likeness (QED) is 0.677. The number of amides is 1. The van der Waals surface area contributed by atoms with E-state index in [0.717, 1.165) is 49.8 Å². The Balaban J connectivity index is 1.08. The predicted molar refractivity (Wildman–Crippen MR) is 107 cm³/mol. The van der Waals surface area contributed by atoms with Crippen molar-refractivity contribution in [2.45, 2.75) is 50.7 Å². The predicted octanol–water partition coefficient (Wildman–Crippen LogP) is 3.53. The number of halogens is 1. The molecule has 3 aliphatic rings. The van der Waals surface area contributed by atoms with E-state index in [9.17, 15) is 9.18 Å². The second kappa shape index (κ2) is 8.12. The number of ether oxygens (including phenoxy) is 2. The molecule has 1 atom stereocenters. The summed E-state index contributed by atoms with van der Waals surface area (Å²) in [5.41, 5.74) is 1.86. The molecule has 1 aromatic carbocycles. The molecular weight excluding hydrogens is 387 g/mol. The molecule has 0 saturated carbocycles. The lowest BCUT2D eigenvalue weighted by Crippen LogP contribution is -2.63. The number of aryl methyl sites for hydroxylation is 1. The Hall–Kier alpha value is -2.25. The minimum Gasteiger partial charge on any atom is -0.377 e. The van der Waals surface area contributed by atoms with Gasteiger partial charge in [0.15, 0.2) is 5.69 Å². The average Bonchev–Trinajstić information content (AvgIpc) is 3.36. The van der Waals surface area contributed by atoms with Gasteiger partial charge in [-0.15, -0.1) is 0 Å². The van der Waals surface area contributed by atoms with Crippen LogP contribution in [0.3, 0.4) is 0 Å². The van der Waals surface area contributed by atoms with E-state index in [1.807, 2.05) is 11.0 Å². The minimum absolute atomic E-state index is 0.0344. The lowest BCUT2D eigenvalue weighted by molar-refractivity contribution is -0.0953. The van der Waals surface area contributed by atoms with Gasteiger partial charge in [-0.05, 0) is 44.1 Å². The number of fused-ring (bicyclic) bond motifs is 1. The molecule has 2 aliphatic heterocycles. The minimum atomic E-state index is -0.228. The molecule has 0 radical (unpaired) electrons. The molecular formula is C23H27FN2O4. The summed E-state index contributed by atoms with van der Waals surface area (Å²) in [6.45, 7) is 2.77. The Bertz CT molecular complexity index is 922. The van der Waals surface area contributed by atoms with Gasteiger partial charge >= 0.3 is 0 Å². The summed E-state index contributed by atoms with van der Waals surface area (Å²) in [6.07, 6.45) is 5.75. The summed E-state index contributed by atoms with van der Waals surface area (Å²) in [7, 11) is 0. The fourth-order valence-corrected chi connectivity index (χ4v) is 4.89. The third-order valence-corrected chi connectivity index (χ3v) is 6.57. The Kier molecular flexibility index (Phi) is 5.33. The molecule has 1 spiro atoms. The van der Waals surface area contributed by atoms with Gasteiger partial charge in [-0.3, -0.25) is 4.79 Å². The van der Waals surface area contributed by atoms with Crippen LogP contribution >= 0.6 is 0 Å². The van der Waals surface area contributed by atoms with Gasteiger partial charge in [-0.25, -0.2) is 4.39 Å². The molecule has 2 fully saturated rings. The number of hydrogen-bond donors (Lipinski definition) is 0. The molecule has 0 bridgehead atoms. The largest absolute Gasteiger partial charge is 0.377 e.